The van der Waals surface area contributed by atoms with Crippen molar-refractivity contribution in [2.24, 2.45) is 0 Å². The van der Waals surface area contributed by atoms with E-state index in [0.29, 0.717) is 6.61 Å². The zero-order valence-electron chi connectivity index (χ0n) is 18.1. The average molecular weight is 402 g/mol. The van der Waals surface area contributed by atoms with Gasteiger partial charge in [0.05, 0.1) is 27.9 Å². The molecule has 4 nitrogen and oxygen atoms in total. The summed E-state index contributed by atoms with van der Waals surface area (Å²) in [6.45, 7) is 19.4. The number of nitrogens with one attached hydrogen (secondary N) is 1. The van der Waals surface area contributed by atoms with Gasteiger partial charge in [-0.15, -0.1) is 0 Å². The van der Waals surface area contributed by atoms with Gasteiger partial charge >= 0.3 is 0 Å². The van der Waals surface area contributed by atoms with E-state index in [2.05, 4.69) is 70.8 Å². The Kier molecular flexibility index (Phi) is 12.7. The van der Waals surface area contributed by atoms with Crippen LogP contribution in [0.15, 0.2) is 0 Å². The number of anilines is 1. The molecule has 0 bridgehead atoms. The van der Waals surface area contributed by atoms with Crippen LogP contribution in [0, 0.1) is 9.02 Å². The van der Waals surface area contributed by atoms with E-state index >= 15 is 0 Å². The van der Waals surface area contributed by atoms with Crippen molar-refractivity contribution in [1.82, 2.24) is 10.2 Å². The second-order valence-electron chi connectivity index (χ2n) is 7.51. The van der Waals surface area contributed by atoms with Crippen LogP contribution >= 0.6 is 24.4 Å². The lowest BCUT2D eigenvalue weighted by Gasteiger charge is -2.32. The molecule has 152 valence electrons. The highest BCUT2D eigenvalue weighted by atomic mass is 32.1. The molecule has 0 atom stereocenters. The second kappa shape index (κ2) is 12.9. The summed E-state index contributed by atoms with van der Waals surface area (Å²) in [5, 5.41) is 3.24. The monoisotopic (exact) mass is 401 g/mol. The Balaban J connectivity index is 0.000000896. The van der Waals surface area contributed by atoms with Crippen LogP contribution in [0.4, 0.5) is 5.69 Å². The quantitative estimate of drug-likeness (QED) is 0.463. The number of ether oxygens (including phenoxy) is 1. The molecular formula is C20H39N3OS2. The fourth-order valence-corrected chi connectivity index (χ4v) is 3.26. The fourth-order valence-electron chi connectivity index (χ4n) is 2.40. The summed E-state index contributed by atoms with van der Waals surface area (Å²) in [5.74, 6) is 0. The first-order valence-electron chi connectivity index (χ1n) is 9.63. The summed E-state index contributed by atoms with van der Waals surface area (Å²) < 4.78 is 7.30. The largest absolute Gasteiger partial charge is 0.378 e. The van der Waals surface area contributed by atoms with E-state index in [-0.39, 0.29) is 5.41 Å². The molecule has 0 unspecified atom stereocenters. The summed E-state index contributed by atoms with van der Waals surface area (Å²) in [6, 6.07) is 0. The normalized spacial score (nSPS) is 11.6. The molecule has 0 aliphatic carbocycles. The minimum atomic E-state index is 0.0505. The lowest BCUT2D eigenvalue weighted by Crippen LogP contribution is -2.30. The van der Waals surface area contributed by atoms with Gasteiger partial charge in [-0.25, -0.2) is 0 Å². The molecule has 1 aromatic rings. The van der Waals surface area contributed by atoms with Gasteiger partial charge in [-0.05, 0) is 32.1 Å². The first-order valence-corrected chi connectivity index (χ1v) is 10.4. The highest BCUT2D eigenvalue weighted by Gasteiger charge is 2.27. The van der Waals surface area contributed by atoms with Crippen LogP contribution in [0.3, 0.4) is 0 Å². The maximum atomic E-state index is 5.61. The zero-order valence-corrected chi connectivity index (χ0v) is 19.7. The number of likely N-dealkylation sites (N-methyl/N-ethyl adjacent to an activating group) is 2. The highest BCUT2D eigenvalue weighted by molar-refractivity contribution is 7.74. The van der Waals surface area contributed by atoms with Gasteiger partial charge in [0, 0.05) is 25.7 Å². The molecule has 0 saturated heterocycles. The van der Waals surface area contributed by atoms with Crippen molar-refractivity contribution >= 4 is 30.1 Å². The Labute approximate surface area is 171 Å². The van der Waals surface area contributed by atoms with Crippen molar-refractivity contribution < 1.29 is 4.74 Å². The van der Waals surface area contributed by atoms with Gasteiger partial charge in [-0.1, -0.05) is 66.0 Å². The van der Waals surface area contributed by atoms with Gasteiger partial charge < -0.3 is 19.9 Å². The zero-order chi connectivity index (χ0) is 20.3. The SMILES string of the molecule is CCN(C)CC.CCNCCOCCN(C)c1c(C(C)(C)C)c(=S)c1=S. The molecule has 1 N–H and O–H groups in total. The molecule has 0 aliphatic heterocycles. The average Bonchev–Trinajstić information content (AvgIpc) is 2.60. The third-order valence-electron chi connectivity index (χ3n) is 4.34. The van der Waals surface area contributed by atoms with E-state index in [9.17, 15) is 0 Å². The molecule has 0 fully saturated rings. The van der Waals surface area contributed by atoms with E-state index in [1.165, 1.54) is 5.56 Å². The van der Waals surface area contributed by atoms with Crippen molar-refractivity contribution in [2.75, 3.05) is 64.9 Å². The Morgan fingerprint density at radius 1 is 0.962 bits per heavy atom. The van der Waals surface area contributed by atoms with Crippen molar-refractivity contribution in [3.8, 4) is 0 Å². The Bertz CT molecular complexity index is 570. The van der Waals surface area contributed by atoms with Crippen LogP contribution in [0.5, 0.6) is 0 Å². The van der Waals surface area contributed by atoms with Crippen molar-refractivity contribution in [3.63, 3.8) is 0 Å². The number of nitrogens with zero attached hydrogens (tertiary/aromatic N) is 2. The first kappa shape index (κ1) is 25.6. The van der Waals surface area contributed by atoms with Gasteiger partial charge in [0.25, 0.3) is 0 Å². The van der Waals surface area contributed by atoms with Crippen LogP contribution in [0.1, 0.15) is 47.1 Å². The van der Waals surface area contributed by atoms with Crippen LogP contribution in [-0.2, 0) is 10.2 Å². The molecule has 0 heterocycles. The first-order chi connectivity index (χ1) is 12.1. The molecular weight excluding hydrogens is 362 g/mol. The number of rotatable bonds is 10. The Morgan fingerprint density at radius 2 is 1.54 bits per heavy atom. The summed E-state index contributed by atoms with van der Waals surface area (Å²) in [5.41, 5.74) is 2.40. The summed E-state index contributed by atoms with van der Waals surface area (Å²) >= 11 is 10.8. The third-order valence-corrected chi connectivity index (χ3v) is 5.28. The highest BCUT2D eigenvalue weighted by Crippen LogP contribution is 2.38. The molecule has 6 heteroatoms. The van der Waals surface area contributed by atoms with Gasteiger partial charge in [-0.3, -0.25) is 0 Å². The molecule has 0 saturated carbocycles. The second-order valence-corrected chi connectivity index (χ2v) is 8.32. The van der Waals surface area contributed by atoms with Gasteiger partial charge in [-0.2, -0.15) is 0 Å². The smallest absolute Gasteiger partial charge is 0.0798 e. The summed E-state index contributed by atoms with van der Waals surface area (Å²) in [6.07, 6.45) is 0. The van der Waals surface area contributed by atoms with Crippen LogP contribution in [0.2, 0.25) is 0 Å². The van der Waals surface area contributed by atoms with Gasteiger partial charge in [0.1, 0.15) is 0 Å². The maximum absolute atomic E-state index is 5.61. The van der Waals surface area contributed by atoms with Crippen LogP contribution in [-0.4, -0.2) is 64.9 Å². The Hall–Kier alpha value is -0.400. The van der Waals surface area contributed by atoms with E-state index in [4.69, 9.17) is 29.2 Å². The molecule has 0 amide bonds. The minimum Gasteiger partial charge on any atom is -0.378 e. The van der Waals surface area contributed by atoms with Crippen molar-refractivity contribution in [3.05, 3.63) is 14.6 Å². The summed E-state index contributed by atoms with van der Waals surface area (Å²) in [4.78, 5) is 4.42. The number of hydrogen-bond donors (Lipinski definition) is 1. The lowest BCUT2D eigenvalue weighted by atomic mass is 9.83. The fraction of sp³-hybridized carbons (Fsp3) is 0.800. The molecule has 0 radical (unpaired) electrons. The molecule has 26 heavy (non-hydrogen) atoms. The van der Waals surface area contributed by atoms with Crippen LogP contribution < -0.4 is 10.2 Å². The molecule has 0 aliphatic rings. The van der Waals surface area contributed by atoms with Crippen LogP contribution in [0.25, 0.3) is 0 Å². The van der Waals surface area contributed by atoms with E-state index in [1.807, 2.05) is 0 Å². The van der Waals surface area contributed by atoms with Crippen molar-refractivity contribution in [2.45, 2.75) is 47.0 Å². The molecule has 1 rings (SSSR count). The van der Waals surface area contributed by atoms with Gasteiger partial charge in [0.2, 0.25) is 0 Å². The lowest BCUT2D eigenvalue weighted by molar-refractivity contribution is 0.143. The minimum absolute atomic E-state index is 0.0505. The van der Waals surface area contributed by atoms with E-state index in [0.717, 1.165) is 54.0 Å². The Morgan fingerprint density at radius 3 is 1.96 bits per heavy atom. The molecule has 0 spiro atoms. The van der Waals surface area contributed by atoms with Crippen molar-refractivity contribution in [1.29, 1.82) is 0 Å². The number of hydrogen-bond acceptors (Lipinski definition) is 6. The predicted octanol–water partition coefficient (Wildman–Crippen LogP) is 4.34. The molecule has 0 aromatic heterocycles. The molecule has 1 aromatic carbocycles. The van der Waals surface area contributed by atoms with Gasteiger partial charge in [0.15, 0.2) is 0 Å². The third kappa shape index (κ3) is 8.53. The maximum Gasteiger partial charge on any atom is 0.0798 e. The standard InChI is InChI=1S/C15H26N2OS2.C5H13N/c1-6-16-7-9-18-10-8-17(5)12-11(15(2,3)4)13(19)14(12)20;1-4-6(3)5-2/h16H,6-10H2,1-5H3;4-5H2,1-3H3. The summed E-state index contributed by atoms with van der Waals surface area (Å²) in [7, 11) is 4.17. The predicted molar refractivity (Wildman–Crippen MR) is 121 cm³/mol. The van der Waals surface area contributed by atoms with E-state index in [1.54, 1.807) is 0 Å². The van der Waals surface area contributed by atoms with E-state index < -0.39 is 0 Å². The topological polar surface area (TPSA) is 27.7 Å².